The van der Waals surface area contributed by atoms with Gasteiger partial charge in [-0.3, -0.25) is 9.78 Å². The van der Waals surface area contributed by atoms with Crippen LogP contribution >= 0.6 is 0 Å². The van der Waals surface area contributed by atoms with Crippen molar-refractivity contribution in [2.45, 2.75) is 45.1 Å². The van der Waals surface area contributed by atoms with Crippen LogP contribution < -0.4 is 0 Å². The van der Waals surface area contributed by atoms with Crippen molar-refractivity contribution in [2.24, 2.45) is 5.41 Å². The van der Waals surface area contributed by atoms with Crippen molar-refractivity contribution in [2.75, 3.05) is 45.9 Å². The summed E-state index contributed by atoms with van der Waals surface area (Å²) in [5.41, 5.74) is 1.04. The Morgan fingerprint density at radius 3 is 3.07 bits per heavy atom. The number of carbonyl (C=O) groups is 1. The molecule has 2 fully saturated rings. The molecule has 6 heteroatoms. The smallest absolute Gasteiger partial charge is 0.248 e. The van der Waals surface area contributed by atoms with E-state index in [0.29, 0.717) is 13.2 Å². The van der Waals surface area contributed by atoms with E-state index in [0.717, 1.165) is 58.3 Å². The number of aliphatic hydroxyl groups is 1. The fourth-order valence-electron chi connectivity index (χ4n) is 4.43. The Hall–Kier alpha value is -1.50. The number of aromatic nitrogens is 1. The number of aliphatic hydroxyl groups excluding tert-OH is 1. The first-order chi connectivity index (χ1) is 13.1. The van der Waals surface area contributed by atoms with Crippen LogP contribution in [0.5, 0.6) is 0 Å². The van der Waals surface area contributed by atoms with E-state index in [9.17, 15) is 9.90 Å². The highest BCUT2D eigenvalue weighted by molar-refractivity contribution is 5.77. The van der Waals surface area contributed by atoms with Gasteiger partial charge in [-0.1, -0.05) is 13.0 Å². The summed E-state index contributed by atoms with van der Waals surface area (Å²) in [5.74, 6) is 0.0576. The zero-order valence-electron chi connectivity index (χ0n) is 16.5. The molecular weight excluding hydrogens is 342 g/mol. The largest absolute Gasteiger partial charge is 0.392 e. The normalized spacial score (nSPS) is 26.4. The van der Waals surface area contributed by atoms with Crippen LogP contribution in [0.25, 0.3) is 0 Å². The lowest BCUT2D eigenvalue weighted by molar-refractivity contribution is -0.145. The number of hydrogen-bond acceptors (Lipinski definition) is 5. The molecule has 1 aromatic rings. The number of hydrogen-bond donors (Lipinski definition) is 1. The maximum Gasteiger partial charge on any atom is 0.248 e. The molecule has 2 aliphatic heterocycles. The summed E-state index contributed by atoms with van der Waals surface area (Å²) in [4.78, 5) is 21.0. The predicted octanol–water partition coefficient (Wildman–Crippen LogP) is 1.73. The van der Waals surface area contributed by atoms with Crippen LogP contribution in [0.15, 0.2) is 24.5 Å². The van der Waals surface area contributed by atoms with Gasteiger partial charge in [0.15, 0.2) is 0 Å². The molecule has 3 heterocycles. The molecular formula is C21H33N3O3. The maximum absolute atomic E-state index is 12.5. The highest BCUT2D eigenvalue weighted by atomic mass is 16.5. The zero-order chi connectivity index (χ0) is 19.1. The molecule has 2 atom stereocenters. The van der Waals surface area contributed by atoms with Crippen LogP contribution in [0.4, 0.5) is 0 Å². The maximum atomic E-state index is 12.5. The van der Waals surface area contributed by atoms with Crippen LogP contribution in [-0.2, 0) is 16.0 Å². The Bertz CT molecular complexity index is 598. The summed E-state index contributed by atoms with van der Waals surface area (Å²) in [6.45, 7) is 6.97. The molecule has 0 unspecified atom stereocenters. The van der Waals surface area contributed by atoms with E-state index in [4.69, 9.17) is 4.74 Å². The molecule has 2 aliphatic rings. The van der Waals surface area contributed by atoms with E-state index < -0.39 is 0 Å². The van der Waals surface area contributed by atoms with Gasteiger partial charge in [-0.15, -0.1) is 0 Å². The second kappa shape index (κ2) is 9.62. The van der Waals surface area contributed by atoms with Crippen molar-refractivity contribution >= 4 is 5.91 Å². The van der Waals surface area contributed by atoms with E-state index in [2.05, 4.69) is 16.0 Å². The van der Waals surface area contributed by atoms with Crippen molar-refractivity contribution in [1.29, 1.82) is 0 Å². The molecule has 0 bridgehead atoms. The van der Waals surface area contributed by atoms with Gasteiger partial charge >= 0.3 is 0 Å². The van der Waals surface area contributed by atoms with Crippen LogP contribution in [0.1, 0.15) is 38.2 Å². The minimum absolute atomic E-state index is 0.0576. The molecule has 27 heavy (non-hydrogen) atoms. The van der Waals surface area contributed by atoms with Crippen LogP contribution in [0.3, 0.4) is 0 Å². The number of pyridine rings is 1. The monoisotopic (exact) mass is 375 g/mol. The Labute approximate surface area is 162 Å². The zero-order valence-corrected chi connectivity index (χ0v) is 16.5. The fourth-order valence-corrected chi connectivity index (χ4v) is 4.43. The van der Waals surface area contributed by atoms with Gasteiger partial charge in [0.1, 0.15) is 6.61 Å². The first-order valence-corrected chi connectivity index (χ1v) is 10.3. The summed E-state index contributed by atoms with van der Waals surface area (Å²) >= 11 is 0. The average molecular weight is 376 g/mol. The second-order valence-corrected chi connectivity index (χ2v) is 8.03. The lowest BCUT2D eigenvalue weighted by Gasteiger charge is -2.51. The van der Waals surface area contributed by atoms with Gasteiger partial charge in [0.2, 0.25) is 5.91 Å². The Morgan fingerprint density at radius 2 is 2.30 bits per heavy atom. The highest BCUT2D eigenvalue weighted by Crippen LogP contribution is 2.38. The van der Waals surface area contributed by atoms with E-state index in [1.54, 1.807) is 6.20 Å². The molecule has 0 aromatic carbocycles. The van der Waals surface area contributed by atoms with Crippen molar-refractivity contribution in [3.05, 3.63) is 30.1 Å². The van der Waals surface area contributed by atoms with Gasteiger partial charge in [0.05, 0.1) is 6.10 Å². The van der Waals surface area contributed by atoms with Gasteiger partial charge in [-0.25, -0.2) is 0 Å². The molecule has 6 nitrogen and oxygen atoms in total. The number of carbonyl (C=O) groups excluding carboxylic acids is 1. The summed E-state index contributed by atoms with van der Waals surface area (Å²) in [6, 6.07) is 4.08. The van der Waals surface area contributed by atoms with E-state index >= 15 is 0 Å². The van der Waals surface area contributed by atoms with Gasteiger partial charge in [0.25, 0.3) is 0 Å². The molecule has 0 radical (unpaired) electrons. The molecule has 150 valence electrons. The third-order valence-electron chi connectivity index (χ3n) is 5.94. The first kappa shape index (κ1) is 20.2. The molecule has 0 aliphatic carbocycles. The SMILES string of the molecule is CCCOCC(=O)N1CCC[C@@]2(CN(CCc3cccnc3)CC[C@H]2O)C1. The Morgan fingerprint density at radius 1 is 1.41 bits per heavy atom. The van der Waals surface area contributed by atoms with Gasteiger partial charge in [0, 0.05) is 57.1 Å². The quantitative estimate of drug-likeness (QED) is 0.735. The summed E-state index contributed by atoms with van der Waals surface area (Å²) in [5, 5.41) is 10.8. The van der Waals surface area contributed by atoms with Crippen LogP contribution in [-0.4, -0.2) is 77.8 Å². The molecule has 1 aromatic heterocycles. The number of ether oxygens (including phenoxy) is 1. The molecule has 2 saturated heterocycles. The van der Waals surface area contributed by atoms with Crippen molar-refractivity contribution in [3.8, 4) is 0 Å². The summed E-state index contributed by atoms with van der Waals surface area (Å²) in [7, 11) is 0. The van der Waals surface area contributed by atoms with Gasteiger partial charge in [-0.05, 0) is 43.7 Å². The van der Waals surface area contributed by atoms with E-state index in [1.807, 2.05) is 24.1 Å². The van der Waals surface area contributed by atoms with E-state index in [-0.39, 0.29) is 24.0 Å². The number of nitrogens with zero attached hydrogens (tertiary/aromatic N) is 3. The predicted molar refractivity (Wildman–Crippen MR) is 104 cm³/mol. The fraction of sp³-hybridized carbons (Fsp3) is 0.714. The van der Waals surface area contributed by atoms with Crippen LogP contribution in [0.2, 0.25) is 0 Å². The van der Waals surface area contributed by atoms with Crippen molar-refractivity contribution in [3.63, 3.8) is 0 Å². The molecule has 1 amide bonds. The van der Waals surface area contributed by atoms with Gasteiger partial charge in [-0.2, -0.15) is 0 Å². The average Bonchev–Trinajstić information content (AvgIpc) is 2.70. The molecule has 3 rings (SSSR count). The second-order valence-electron chi connectivity index (χ2n) is 8.03. The lowest BCUT2D eigenvalue weighted by atomic mass is 9.71. The standard InChI is InChI=1S/C21H33N3O3/c1-2-13-27-15-20(26)24-10-4-8-21(17-24)16-23(12-7-19(21)25)11-6-18-5-3-9-22-14-18/h3,5,9,14,19,25H,2,4,6-8,10-13,15-17H2,1H3/t19-,21-/m1/s1. The summed E-state index contributed by atoms with van der Waals surface area (Å²) in [6.07, 6.45) is 7.99. The topological polar surface area (TPSA) is 65.9 Å². The third kappa shape index (κ3) is 5.27. The third-order valence-corrected chi connectivity index (χ3v) is 5.94. The Balaban J connectivity index is 1.57. The molecule has 1 spiro atoms. The number of piperidine rings is 2. The number of likely N-dealkylation sites (tertiary alicyclic amines) is 2. The molecule has 1 N–H and O–H groups in total. The summed E-state index contributed by atoms with van der Waals surface area (Å²) < 4.78 is 5.44. The Kier molecular flexibility index (Phi) is 7.21. The van der Waals surface area contributed by atoms with Crippen molar-refractivity contribution in [1.82, 2.24) is 14.8 Å². The van der Waals surface area contributed by atoms with Crippen molar-refractivity contribution < 1.29 is 14.6 Å². The number of amides is 1. The number of rotatable bonds is 7. The van der Waals surface area contributed by atoms with Gasteiger partial charge < -0.3 is 19.6 Å². The minimum Gasteiger partial charge on any atom is -0.392 e. The first-order valence-electron chi connectivity index (χ1n) is 10.3. The van der Waals surface area contributed by atoms with E-state index in [1.165, 1.54) is 5.56 Å². The van der Waals surface area contributed by atoms with Crippen LogP contribution in [0, 0.1) is 5.41 Å². The molecule has 0 saturated carbocycles. The lowest BCUT2D eigenvalue weighted by Crippen LogP contribution is -2.60. The highest BCUT2D eigenvalue weighted by Gasteiger charge is 2.46. The minimum atomic E-state index is -0.334.